The van der Waals surface area contributed by atoms with E-state index in [0.717, 1.165) is 54.9 Å². The summed E-state index contributed by atoms with van der Waals surface area (Å²) in [5, 5.41) is 0. The molecule has 2 heterocycles. The Morgan fingerprint density at radius 3 is 2.57 bits per heavy atom. The molecule has 0 unspecified atom stereocenters. The third kappa shape index (κ3) is 4.19. The summed E-state index contributed by atoms with van der Waals surface area (Å²) in [6.45, 7) is 9.83. The predicted molar refractivity (Wildman–Crippen MR) is 114 cm³/mol. The molecule has 1 aliphatic carbocycles. The van der Waals surface area contributed by atoms with Crippen LogP contribution in [0.4, 0.5) is 4.39 Å². The first-order valence-corrected chi connectivity index (χ1v) is 10.7. The van der Waals surface area contributed by atoms with E-state index in [0.29, 0.717) is 25.2 Å². The molecule has 2 aliphatic rings. The van der Waals surface area contributed by atoms with E-state index in [-0.39, 0.29) is 22.9 Å². The van der Waals surface area contributed by atoms with Gasteiger partial charge in [0.25, 0.3) is 5.91 Å². The first kappa shape index (κ1) is 20.8. The van der Waals surface area contributed by atoms with Crippen molar-refractivity contribution in [3.63, 3.8) is 0 Å². The minimum atomic E-state index is -0.225. The monoisotopic (exact) mass is 411 g/mol. The molecule has 1 saturated heterocycles. The zero-order valence-electron chi connectivity index (χ0n) is 18.1. The second-order valence-electron chi connectivity index (χ2n) is 9.47. The molecule has 1 fully saturated rings. The molecule has 160 valence electrons. The van der Waals surface area contributed by atoms with Gasteiger partial charge in [0.05, 0.1) is 0 Å². The van der Waals surface area contributed by atoms with E-state index in [9.17, 15) is 14.0 Å². The van der Waals surface area contributed by atoms with Crippen molar-refractivity contribution in [3.8, 4) is 0 Å². The number of aromatic nitrogens is 1. The lowest BCUT2D eigenvalue weighted by molar-refractivity contribution is 0.0754. The number of ketones is 1. The third-order valence-corrected chi connectivity index (χ3v) is 6.31. The van der Waals surface area contributed by atoms with Crippen LogP contribution in [0.5, 0.6) is 0 Å². The van der Waals surface area contributed by atoms with Crippen molar-refractivity contribution in [1.29, 1.82) is 0 Å². The summed E-state index contributed by atoms with van der Waals surface area (Å²) in [4.78, 5) is 33.4. The molecule has 1 N–H and O–H groups in total. The largest absolute Gasteiger partial charge is 0.354 e. The fourth-order valence-electron chi connectivity index (χ4n) is 4.78. The lowest BCUT2D eigenvalue weighted by Crippen LogP contribution is -2.35. The number of hydrogen-bond donors (Lipinski definition) is 1. The number of hydrogen-bond acceptors (Lipinski definition) is 3. The van der Waals surface area contributed by atoms with E-state index in [2.05, 4.69) is 23.7 Å². The minimum Gasteiger partial charge on any atom is -0.354 e. The van der Waals surface area contributed by atoms with E-state index in [1.165, 1.54) is 12.1 Å². The highest BCUT2D eigenvalue weighted by Gasteiger charge is 2.36. The highest BCUT2D eigenvalue weighted by Crippen LogP contribution is 2.37. The molecule has 1 aromatic heterocycles. The lowest BCUT2D eigenvalue weighted by Gasteiger charge is -2.28. The van der Waals surface area contributed by atoms with Crippen molar-refractivity contribution < 1.29 is 14.0 Å². The van der Waals surface area contributed by atoms with Crippen LogP contribution in [0.2, 0.25) is 0 Å². The first-order valence-electron chi connectivity index (χ1n) is 10.7. The van der Waals surface area contributed by atoms with Crippen molar-refractivity contribution in [1.82, 2.24) is 14.8 Å². The summed E-state index contributed by atoms with van der Waals surface area (Å²) >= 11 is 0. The van der Waals surface area contributed by atoms with Gasteiger partial charge in [0, 0.05) is 50.4 Å². The molecule has 1 aliphatic heterocycles. The maximum atomic E-state index is 13.3. The normalized spacial score (nSPS) is 19.5. The van der Waals surface area contributed by atoms with Crippen LogP contribution >= 0.6 is 0 Å². The minimum absolute atomic E-state index is 0.0175. The van der Waals surface area contributed by atoms with E-state index >= 15 is 0 Å². The maximum Gasteiger partial charge on any atom is 0.270 e. The van der Waals surface area contributed by atoms with Gasteiger partial charge in [0.1, 0.15) is 11.5 Å². The van der Waals surface area contributed by atoms with E-state index in [1.807, 2.05) is 24.0 Å². The quantitative estimate of drug-likeness (QED) is 0.832. The van der Waals surface area contributed by atoms with Crippen molar-refractivity contribution >= 4 is 11.7 Å². The molecule has 6 heteroatoms. The Hall–Kier alpha value is -2.47. The number of benzene rings is 1. The molecule has 0 saturated carbocycles. The number of nitrogens with zero attached hydrogens (tertiary/aromatic N) is 2. The van der Waals surface area contributed by atoms with Crippen LogP contribution in [0, 0.1) is 18.2 Å². The fraction of sp³-hybridized carbons (Fsp3) is 0.500. The smallest absolute Gasteiger partial charge is 0.270 e. The average Bonchev–Trinajstić information content (AvgIpc) is 2.85. The van der Waals surface area contributed by atoms with Crippen molar-refractivity contribution in [2.24, 2.45) is 5.41 Å². The molecule has 4 rings (SSSR count). The highest BCUT2D eigenvalue weighted by atomic mass is 19.1. The van der Waals surface area contributed by atoms with Gasteiger partial charge in [0.2, 0.25) is 0 Å². The Bertz CT molecular complexity index is 962. The molecule has 0 atom stereocenters. The number of halogens is 1. The molecule has 2 aromatic rings. The Labute approximate surface area is 177 Å². The number of carbonyl (C=O) groups excluding carboxylic acids is 2. The summed E-state index contributed by atoms with van der Waals surface area (Å²) in [6.07, 6.45) is 2.19. The van der Waals surface area contributed by atoms with Crippen molar-refractivity contribution in [3.05, 3.63) is 58.2 Å². The third-order valence-electron chi connectivity index (χ3n) is 6.31. The zero-order valence-corrected chi connectivity index (χ0v) is 18.1. The van der Waals surface area contributed by atoms with Gasteiger partial charge in [-0.25, -0.2) is 4.39 Å². The number of Topliss-reactive ketones (excluding diaryl/α,β-unsaturated/α-hetero) is 1. The van der Waals surface area contributed by atoms with E-state index in [1.54, 1.807) is 0 Å². The van der Waals surface area contributed by atoms with Crippen LogP contribution < -0.4 is 0 Å². The summed E-state index contributed by atoms with van der Waals surface area (Å²) in [5.41, 5.74) is 3.99. The second-order valence-corrected chi connectivity index (χ2v) is 9.47. The van der Waals surface area contributed by atoms with Gasteiger partial charge >= 0.3 is 0 Å². The van der Waals surface area contributed by atoms with Crippen LogP contribution in [0.3, 0.4) is 0 Å². The average molecular weight is 412 g/mol. The summed E-state index contributed by atoms with van der Waals surface area (Å²) < 4.78 is 13.1. The molecule has 1 aromatic carbocycles. The SMILES string of the molecule is Cc1c(C(=O)N2CCCN(Cc3ccc(F)cc3)CC2)[nH]c2c1C(=O)CC(C)(C)C2. The second kappa shape index (κ2) is 7.99. The topological polar surface area (TPSA) is 56.4 Å². The molecular formula is C24H30FN3O2. The predicted octanol–water partition coefficient (Wildman–Crippen LogP) is 3.97. The number of amides is 1. The summed E-state index contributed by atoms with van der Waals surface area (Å²) in [5.74, 6) is -0.108. The highest BCUT2D eigenvalue weighted by molar-refractivity contribution is 6.04. The van der Waals surface area contributed by atoms with Crippen LogP contribution in [0.1, 0.15) is 64.4 Å². The van der Waals surface area contributed by atoms with Gasteiger partial charge in [-0.15, -0.1) is 0 Å². The van der Waals surface area contributed by atoms with Crippen LogP contribution in [0.15, 0.2) is 24.3 Å². The van der Waals surface area contributed by atoms with Gasteiger partial charge in [-0.2, -0.15) is 0 Å². The molecule has 30 heavy (non-hydrogen) atoms. The lowest BCUT2D eigenvalue weighted by atomic mass is 9.75. The van der Waals surface area contributed by atoms with Gasteiger partial charge in [-0.05, 0) is 48.4 Å². The number of nitrogens with one attached hydrogen (secondary N) is 1. The van der Waals surface area contributed by atoms with E-state index in [4.69, 9.17) is 0 Å². The molecule has 5 nitrogen and oxygen atoms in total. The molecule has 1 amide bonds. The summed E-state index contributed by atoms with van der Waals surface area (Å²) in [6, 6.07) is 6.60. The van der Waals surface area contributed by atoms with Gasteiger partial charge in [0.15, 0.2) is 5.78 Å². The van der Waals surface area contributed by atoms with Crippen LogP contribution in [0.25, 0.3) is 0 Å². The Balaban J connectivity index is 1.46. The maximum absolute atomic E-state index is 13.3. The van der Waals surface area contributed by atoms with Crippen LogP contribution in [-0.4, -0.2) is 52.7 Å². The Morgan fingerprint density at radius 1 is 1.10 bits per heavy atom. The molecule has 0 bridgehead atoms. The number of H-pyrrole nitrogens is 1. The fourth-order valence-corrected chi connectivity index (χ4v) is 4.78. The number of carbonyl (C=O) groups is 2. The number of fused-ring (bicyclic) bond motifs is 1. The molecular weight excluding hydrogens is 381 g/mol. The van der Waals surface area contributed by atoms with Crippen molar-refractivity contribution in [2.75, 3.05) is 26.2 Å². The van der Waals surface area contributed by atoms with Crippen LogP contribution in [-0.2, 0) is 13.0 Å². The number of rotatable bonds is 3. The zero-order chi connectivity index (χ0) is 21.5. The van der Waals surface area contributed by atoms with Gasteiger partial charge < -0.3 is 9.88 Å². The first-order chi connectivity index (χ1) is 14.2. The Kier molecular flexibility index (Phi) is 5.53. The number of aromatic amines is 1. The van der Waals surface area contributed by atoms with Crippen molar-refractivity contribution in [2.45, 2.75) is 46.6 Å². The standard InChI is InChI=1S/C24H30FN3O2/c1-16-21-19(13-24(2,3)14-20(21)29)26-22(16)23(30)28-10-4-9-27(11-12-28)15-17-5-7-18(25)8-6-17/h5-8,26H,4,9-15H2,1-3H3. The molecule has 0 spiro atoms. The molecule has 0 radical (unpaired) electrons. The van der Waals surface area contributed by atoms with Gasteiger partial charge in [-0.1, -0.05) is 26.0 Å². The summed E-state index contributed by atoms with van der Waals surface area (Å²) in [7, 11) is 0. The van der Waals surface area contributed by atoms with E-state index < -0.39 is 0 Å². The van der Waals surface area contributed by atoms with Gasteiger partial charge in [-0.3, -0.25) is 14.5 Å². The Morgan fingerprint density at radius 2 is 1.83 bits per heavy atom.